The molecule has 0 saturated heterocycles. The van der Waals surface area contributed by atoms with Gasteiger partial charge in [0, 0.05) is 0 Å². The highest BCUT2D eigenvalue weighted by Gasteiger charge is 2.54. The van der Waals surface area contributed by atoms with Gasteiger partial charge in [0.15, 0.2) is 0 Å². The molecule has 92 valence electrons. The molecule has 2 N–H and O–H groups in total. The van der Waals surface area contributed by atoms with Crippen LogP contribution in [0.5, 0.6) is 0 Å². The van der Waals surface area contributed by atoms with Crippen LogP contribution in [0.4, 0.5) is 0 Å². The Morgan fingerprint density at radius 1 is 1.12 bits per heavy atom. The van der Waals surface area contributed by atoms with Crippen molar-refractivity contribution >= 4 is 0 Å². The van der Waals surface area contributed by atoms with E-state index in [0.717, 1.165) is 41.5 Å². The number of hydrogen-bond acceptors (Lipinski definition) is 1. The van der Waals surface area contributed by atoms with Gasteiger partial charge in [0.1, 0.15) is 0 Å². The van der Waals surface area contributed by atoms with Gasteiger partial charge in [-0.15, -0.1) is 0 Å². The lowest BCUT2D eigenvalue weighted by Gasteiger charge is -2.60. The Morgan fingerprint density at radius 3 is 2.25 bits per heavy atom. The highest BCUT2D eigenvalue weighted by molar-refractivity contribution is 5.05. The molecular formula is C15H27N. The van der Waals surface area contributed by atoms with Gasteiger partial charge in [-0.25, -0.2) is 0 Å². The minimum Gasteiger partial charge on any atom is -0.330 e. The van der Waals surface area contributed by atoms with Crippen molar-refractivity contribution in [1.82, 2.24) is 0 Å². The van der Waals surface area contributed by atoms with E-state index >= 15 is 0 Å². The molecule has 4 saturated carbocycles. The van der Waals surface area contributed by atoms with Crippen LogP contribution in [0.25, 0.3) is 0 Å². The Bertz CT molecular complexity index is 251. The van der Waals surface area contributed by atoms with Crippen molar-refractivity contribution in [2.24, 2.45) is 40.7 Å². The summed E-state index contributed by atoms with van der Waals surface area (Å²) in [4.78, 5) is 0. The van der Waals surface area contributed by atoms with Gasteiger partial charge in [-0.3, -0.25) is 0 Å². The summed E-state index contributed by atoms with van der Waals surface area (Å²) in [6.45, 7) is 5.76. The van der Waals surface area contributed by atoms with E-state index in [0.29, 0.717) is 0 Å². The summed E-state index contributed by atoms with van der Waals surface area (Å²) < 4.78 is 0. The van der Waals surface area contributed by atoms with E-state index in [1.54, 1.807) is 6.42 Å². The fraction of sp³-hybridized carbons (Fsp3) is 1.00. The van der Waals surface area contributed by atoms with Crippen LogP contribution in [0.15, 0.2) is 0 Å². The highest BCUT2D eigenvalue weighted by Crippen LogP contribution is 2.63. The third kappa shape index (κ3) is 1.63. The van der Waals surface area contributed by atoms with Gasteiger partial charge in [0.2, 0.25) is 0 Å². The van der Waals surface area contributed by atoms with Crippen LogP contribution in [0.2, 0.25) is 0 Å². The monoisotopic (exact) mass is 221 g/mol. The molecule has 4 aliphatic rings. The molecular weight excluding hydrogens is 194 g/mol. The zero-order valence-electron chi connectivity index (χ0n) is 10.9. The van der Waals surface area contributed by atoms with E-state index in [2.05, 4.69) is 13.8 Å². The first-order chi connectivity index (χ1) is 7.62. The van der Waals surface area contributed by atoms with Crippen LogP contribution in [0.3, 0.4) is 0 Å². The predicted molar refractivity (Wildman–Crippen MR) is 68.0 cm³/mol. The summed E-state index contributed by atoms with van der Waals surface area (Å²) in [6.07, 6.45) is 9.08. The van der Waals surface area contributed by atoms with Crippen LogP contribution >= 0.6 is 0 Å². The van der Waals surface area contributed by atoms with Crippen molar-refractivity contribution in [2.45, 2.75) is 52.4 Å². The topological polar surface area (TPSA) is 26.0 Å². The number of nitrogens with two attached hydrogens (primary N) is 1. The van der Waals surface area contributed by atoms with Crippen molar-refractivity contribution in [3.8, 4) is 0 Å². The maximum atomic E-state index is 6.00. The van der Waals surface area contributed by atoms with E-state index < -0.39 is 0 Å². The minimum atomic E-state index is 0.746. The first-order valence-electron chi connectivity index (χ1n) is 7.32. The van der Waals surface area contributed by atoms with Gasteiger partial charge in [-0.2, -0.15) is 0 Å². The van der Waals surface area contributed by atoms with Crippen molar-refractivity contribution in [1.29, 1.82) is 0 Å². The van der Waals surface area contributed by atoms with E-state index in [9.17, 15) is 0 Å². The Morgan fingerprint density at radius 2 is 1.75 bits per heavy atom. The summed E-state index contributed by atoms with van der Waals surface area (Å²) in [5, 5.41) is 0. The summed E-state index contributed by atoms with van der Waals surface area (Å²) in [5.41, 5.74) is 6.74. The Kier molecular flexibility index (Phi) is 2.58. The lowest BCUT2D eigenvalue weighted by Crippen LogP contribution is -2.53. The van der Waals surface area contributed by atoms with Gasteiger partial charge in [0.05, 0.1) is 0 Å². The highest BCUT2D eigenvalue weighted by atomic mass is 14.7. The van der Waals surface area contributed by atoms with Gasteiger partial charge < -0.3 is 5.73 Å². The molecule has 4 rings (SSSR count). The van der Waals surface area contributed by atoms with Crippen LogP contribution in [0.1, 0.15) is 52.4 Å². The standard InChI is InChI=1S/C15H27N/c1-10(2)5-15-6-11-3-12(7-15)14(9-16)13(4-11)8-15/h10-14H,3-9,16H2,1-2H3. The molecule has 0 aromatic carbocycles. The van der Waals surface area contributed by atoms with E-state index in [4.69, 9.17) is 5.73 Å². The van der Waals surface area contributed by atoms with Gasteiger partial charge >= 0.3 is 0 Å². The first-order valence-corrected chi connectivity index (χ1v) is 7.32. The fourth-order valence-electron chi connectivity index (χ4n) is 5.80. The number of hydrogen-bond donors (Lipinski definition) is 1. The van der Waals surface area contributed by atoms with Crippen LogP contribution in [-0.4, -0.2) is 6.54 Å². The van der Waals surface area contributed by atoms with Crippen molar-refractivity contribution in [2.75, 3.05) is 6.54 Å². The molecule has 0 amide bonds. The molecule has 0 spiro atoms. The Hall–Kier alpha value is -0.0400. The lowest BCUT2D eigenvalue weighted by atomic mass is 9.45. The first kappa shape index (κ1) is 11.1. The van der Waals surface area contributed by atoms with Gasteiger partial charge in [-0.05, 0) is 80.1 Å². The third-order valence-corrected chi connectivity index (χ3v) is 5.71. The average molecular weight is 221 g/mol. The minimum absolute atomic E-state index is 0.746. The molecule has 1 nitrogen and oxygen atoms in total. The van der Waals surface area contributed by atoms with E-state index in [1.165, 1.54) is 32.1 Å². The van der Waals surface area contributed by atoms with Gasteiger partial charge in [-0.1, -0.05) is 13.8 Å². The molecule has 2 unspecified atom stereocenters. The molecule has 1 heteroatoms. The van der Waals surface area contributed by atoms with Crippen LogP contribution in [-0.2, 0) is 0 Å². The summed E-state index contributed by atoms with van der Waals surface area (Å²) in [6, 6.07) is 0. The Balaban J connectivity index is 1.81. The largest absolute Gasteiger partial charge is 0.330 e. The molecule has 4 aliphatic carbocycles. The molecule has 0 aromatic rings. The normalized spacial score (nSPS) is 50.2. The molecule has 0 aromatic heterocycles. The quantitative estimate of drug-likeness (QED) is 0.776. The molecule has 16 heavy (non-hydrogen) atoms. The van der Waals surface area contributed by atoms with E-state index in [1.807, 2.05) is 0 Å². The van der Waals surface area contributed by atoms with Crippen molar-refractivity contribution in [3.63, 3.8) is 0 Å². The summed E-state index contributed by atoms with van der Waals surface area (Å²) >= 11 is 0. The molecule has 2 atom stereocenters. The zero-order chi connectivity index (χ0) is 11.3. The van der Waals surface area contributed by atoms with E-state index in [-0.39, 0.29) is 0 Å². The van der Waals surface area contributed by atoms with Crippen LogP contribution in [0, 0.1) is 35.0 Å². The second-order valence-electron chi connectivity index (χ2n) is 7.47. The van der Waals surface area contributed by atoms with Crippen molar-refractivity contribution < 1.29 is 0 Å². The Labute approximate surface area is 100 Å². The average Bonchev–Trinajstić information content (AvgIpc) is 2.13. The second kappa shape index (κ2) is 3.73. The predicted octanol–water partition coefficient (Wildman–Crippen LogP) is 3.43. The lowest BCUT2D eigenvalue weighted by molar-refractivity contribution is -0.100. The smallest absolute Gasteiger partial charge is 0.00436 e. The zero-order valence-corrected chi connectivity index (χ0v) is 10.9. The maximum Gasteiger partial charge on any atom is -0.00436 e. The molecule has 4 fully saturated rings. The third-order valence-electron chi connectivity index (χ3n) is 5.71. The SMILES string of the molecule is CC(C)CC12CC3CC(C1)C(CN)C(C3)C2. The number of rotatable bonds is 3. The second-order valence-corrected chi connectivity index (χ2v) is 7.47. The summed E-state index contributed by atoms with van der Waals surface area (Å²) in [7, 11) is 0. The van der Waals surface area contributed by atoms with Gasteiger partial charge in [0.25, 0.3) is 0 Å². The molecule has 0 heterocycles. The van der Waals surface area contributed by atoms with Crippen molar-refractivity contribution in [3.05, 3.63) is 0 Å². The molecule has 4 bridgehead atoms. The maximum absolute atomic E-state index is 6.00. The molecule has 0 radical (unpaired) electrons. The summed E-state index contributed by atoms with van der Waals surface area (Å²) in [5.74, 6) is 4.83. The van der Waals surface area contributed by atoms with Crippen LogP contribution < -0.4 is 5.73 Å². The molecule has 0 aliphatic heterocycles. The fourth-order valence-corrected chi connectivity index (χ4v) is 5.80.